The van der Waals surface area contributed by atoms with E-state index in [2.05, 4.69) is 29.4 Å². The smallest absolute Gasteiger partial charge is 0.192 e. The summed E-state index contributed by atoms with van der Waals surface area (Å²) in [6, 6.07) is 10.3. The fraction of sp³-hybridized carbons (Fsp3) is 0.267. The van der Waals surface area contributed by atoms with Crippen LogP contribution in [0.2, 0.25) is 0 Å². The van der Waals surface area contributed by atoms with E-state index < -0.39 is 0 Å². The molecule has 0 bridgehead atoms. The largest absolute Gasteiger partial charge is 0.441 e. The Morgan fingerprint density at radius 1 is 1.28 bits per heavy atom. The molecule has 0 saturated heterocycles. The van der Waals surface area contributed by atoms with Crippen molar-refractivity contribution in [2.75, 3.05) is 0 Å². The van der Waals surface area contributed by atoms with Gasteiger partial charge in [-0.05, 0) is 30.0 Å². The van der Waals surface area contributed by atoms with Gasteiger partial charge >= 0.3 is 0 Å². The van der Waals surface area contributed by atoms with Crippen LogP contribution in [0.4, 0.5) is 0 Å². The number of nitrogens with zero attached hydrogens (tertiary/aromatic N) is 1. The number of hydrogen-bond donors (Lipinski definition) is 0. The summed E-state index contributed by atoms with van der Waals surface area (Å²) < 4.78 is 5.59. The normalized spacial score (nSPS) is 11.2. The molecule has 0 saturated carbocycles. The zero-order valence-electron chi connectivity index (χ0n) is 10.7. The van der Waals surface area contributed by atoms with Crippen LogP contribution in [-0.4, -0.2) is 4.98 Å². The van der Waals surface area contributed by atoms with E-state index in [4.69, 9.17) is 4.42 Å². The van der Waals surface area contributed by atoms with Gasteiger partial charge in [-0.3, -0.25) is 0 Å². The fourth-order valence-electron chi connectivity index (χ4n) is 1.71. The molecule has 3 heteroatoms. The van der Waals surface area contributed by atoms with E-state index in [1.807, 2.05) is 31.2 Å². The van der Waals surface area contributed by atoms with Crippen LogP contribution in [0.25, 0.3) is 6.08 Å². The maximum absolute atomic E-state index is 5.59. The number of hydrogen-bond acceptors (Lipinski definition) is 3. The van der Waals surface area contributed by atoms with Crippen molar-refractivity contribution in [1.82, 2.24) is 4.98 Å². The quantitative estimate of drug-likeness (QED) is 0.728. The third-order valence-electron chi connectivity index (χ3n) is 2.49. The molecule has 0 radical (unpaired) electrons. The SMILES string of the molecule is CCCc1nc(C)oc1/C=C\Sc1ccccc1. The number of aromatic nitrogens is 1. The molecule has 94 valence electrons. The Kier molecular flexibility index (Phi) is 4.65. The monoisotopic (exact) mass is 259 g/mol. The van der Waals surface area contributed by atoms with E-state index in [1.54, 1.807) is 11.8 Å². The summed E-state index contributed by atoms with van der Waals surface area (Å²) >= 11 is 1.68. The molecule has 0 amide bonds. The van der Waals surface area contributed by atoms with Crippen molar-refractivity contribution in [2.45, 2.75) is 31.6 Å². The van der Waals surface area contributed by atoms with Crippen LogP contribution in [0.1, 0.15) is 30.7 Å². The van der Waals surface area contributed by atoms with Gasteiger partial charge in [0.05, 0.1) is 5.69 Å². The Bertz CT molecular complexity index is 517. The first-order valence-electron chi connectivity index (χ1n) is 6.14. The predicted molar refractivity (Wildman–Crippen MR) is 76.6 cm³/mol. The summed E-state index contributed by atoms with van der Waals surface area (Å²) in [7, 11) is 0. The Morgan fingerprint density at radius 3 is 2.78 bits per heavy atom. The maximum atomic E-state index is 5.59. The Labute approximate surface area is 112 Å². The van der Waals surface area contributed by atoms with E-state index in [0.29, 0.717) is 0 Å². The van der Waals surface area contributed by atoms with Crippen molar-refractivity contribution in [3.8, 4) is 0 Å². The second kappa shape index (κ2) is 6.45. The molecule has 0 fully saturated rings. The Balaban J connectivity index is 2.04. The predicted octanol–water partition coefficient (Wildman–Crippen LogP) is 4.70. The van der Waals surface area contributed by atoms with Crippen LogP contribution >= 0.6 is 11.8 Å². The van der Waals surface area contributed by atoms with Crippen molar-refractivity contribution < 1.29 is 4.42 Å². The highest BCUT2D eigenvalue weighted by atomic mass is 32.2. The molecule has 18 heavy (non-hydrogen) atoms. The molecular weight excluding hydrogens is 242 g/mol. The molecule has 0 N–H and O–H groups in total. The third kappa shape index (κ3) is 3.50. The second-order valence-corrected chi connectivity index (χ2v) is 5.01. The molecule has 0 spiro atoms. The van der Waals surface area contributed by atoms with E-state index in [9.17, 15) is 0 Å². The summed E-state index contributed by atoms with van der Waals surface area (Å²) in [4.78, 5) is 5.62. The van der Waals surface area contributed by atoms with Crippen LogP contribution in [0.5, 0.6) is 0 Å². The molecule has 0 aliphatic heterocycles. The van der Waals surface area contributed by atoms with Gasteiger partial charge in [-0.25, -0.2) is 4.98 Å². The molecule has 0 unspecified atom stereocenters. The summed E-state index contributed by atoms with van der Waals surface area (Å²) in [6.07, 6.45) is 4.05. The lowest BCUT2D eigenvalue weighted by molar-refractivity contribution is 0.512. The molecule has 2 aromatic rings. The molecule has 1 aromatic carbocycles. The van der Waals surface area contributed by atoms with E-state index in [1.165, 1.54) is 4.90 Å². The van der Waals surface area contributed by atoms with Crippen molar-refractivity contribution in [1.29, 1.82) is 0 Å². The van der Waals surface area contributed by atoms with Gasteiger partial charge < -0.3 is 4.42 Å². The zero-order valence-corrected chi connectivity index (χ0v) is 11.5. The number of benzene rings is 1. The van der Waals surface area contributed by atoms with E-state index >= 15 is 0 Å². The number of thioether (sulfide) groups is 1. The molecule has 1 heterocycles. The Morgan fingerprint density at radius 2 is 2.06 bits per heavy atom. The summed E-state index contributed by atoms with van der Waals surface area (Å²) in [5.41, 5.74) is 1.06. The van der Waals surface area contributed by atoms with E-state index in [0.717, 1.165) is 30.2 Å². The summed E-state index contributed by atoms with van der Waals surface area (Å²) in [6.45, 7) is 4.04. The first kappa shape index (κ1) is 13.0. The van der Waals surface area contributed by atoms with Gasteiger partial charge in [-0.2, -0.15) is 0 Å². The third-order valence-corrected chi connectivity index (χ3v) is 3.30. The molecule has 0 aliphatic carbocycles. The number of aryl methyl sites for hydroxylation is 2. The molecule has 0 atom stereocenters. The lowest BCUT2D eigenvalue weighted by Crippen LogP contribution is -1.85. The minimum Gasteiger partial charge on any atom is -0.441 e. The summed E-state index contributed by atoms with van der Waals surface area (Å²) in [5, 5.41) is 2.05. The van der Waals surface area contributed by atoms with E-state index in [-0.39, 0.29) is 0 Å². The number of rotatable bonds is 5. The zero-order chi connectivity index (χ0) is 12.8. The van der Waals surface area contributed by atoms with Crippen LogP contribution in [0.3, 0.4) is 0 Å². The Hall–Kier alpha value is -1.48. The highest BCUT2D eigenvalue weighted by molar-refractivity contribution is 8.02. The van der Waals surface area contributed by atoms with Gasteiger partial charge in [0.15, 0.2) is 11.7 Å². The minimum atomic E-state index is 0.739. The van der Waals surface area contributed by atoms with Crippen molar-refractivity contribution >= 4 is 17.8 Å². The highest BCUT2D eigenvalue weighted by Gasteiger charge is 2.06. The lowest BCUT2D eigenvalue weighted by Gasteiger charge is -1.94. The van der Waals surface area contributed by atoms with Crippen LogP contribution in [-0.2, 0) is 6.42 Å². The molecule has 1 aromatic heterocycles. The molecule has 2 nitrogen and oxygen atoms in total. The standard InChI is InChI=1S/C15H17NOS/c1-3-7-14-15(17-12(2)16-14)10-11-18-13-8-5-4-6-9-13/h4-6,8-11H,3,7H2,1-2H3/b11-10-. The highest BCUT2D eigenvalue weighted by Crippen LogP contribution is 2.21. The molecule has 2 rings (SSSR count). The van der Waals surface area contributed by atoms with Crippen molar-refractivity contribution in [3.05, 3.63) is 53.1 Å². The summed E-state index contributed by atoms with van der Waals surface area (Å²) in [5.74, 6) is 1.63. The van der Waals surface area contributed by atoms with Gasteiger partial charge in [0.25, 0.3) is 0 Å². The average molecular weight is 259 g/mol. The van der Waals surface area contributed by atoms with Crippen LogP contribution < -0.4 is 0 Å². The van der Waals surface area contributed by atoms with Crippen molar-refractivity contribution in [3.63, 3.8) is 0 Å². The average Bonchev–Trinajstić information content (AvgIpc) is 2.72. The minimum absolute atomic E-state index is 0.739. The number of oxazole rings is 1. The van der Waals surface area contributed by atoms with Gasteiger partial charge in [-0.1, -0.05) is 43.3 Å². The first-order valence-corrected chi connectivity index (χ1v) is 7.02. The van der Waals surface area contributed by atoms with Gasteiger partial charge in [-0.15, -0.1) is 0 Å². The van der Waals surface area contributed by atoms with Crippen LogP contribution in [0, 0.1) is 6.92 Å². The van der Waals surface area contributed by atoms with Gasteiger partial charge in [0.1, 0.15) is 0 Å². The van der Waals surface area contributed by atoms with Gasteiger partial charge in [0.2, 0.25) is 0 Å². The lowest BCUT2D eigenvalue weighted by atomic mass is 10.2. The topological polar surface area (TPSA) is 26.0 Å². The second-order valence-electron chi connectivity index (χ2n) is 4.03. The molecule has 0 aliphatic rings. The van der Waals surface area contributed by atoms with Crippen molar-refractivity contribution in [2.24, 2.45) is 0 Å². The maximum Gasteiger partial charge on any atom is 0.192 e. The first-order chi connectivity index (χ1) is 8.79. The molecular formula is C15H17NOS. The fourth-order valence-corrected chi connectivity index (χ4v) is 2.37. The van der Waals surface area contributed by atoms with Gasteiger partial charge in [0, 0.05) is 11.8 Å². The van der Waals surface area contributed by atoms with Crippen LogP contribution in [0.15, 0.2) is 45.1 Å².